The van der Waals surface area contributed by atoms with Gasteiger partial charge in [0.15, 0.2) is 0 Å². The van der Waals surface area contributed by atoms with Crippen molar-refractivity contribution >= 4 is 16.9 Å². The predicted octanol–water partition coefficient (Wildman–Crippen LogP) is 4.37. The molecule has 1 N–H and O–H groups in total. The molecule has 36 heavy (non-hydrogen) atoms. The monoisotopic (exact) mass is 495 g/mol. The van der Waals surface area contributed by atoms with Crippen LogP contribution < -0.4 is 15.0 Å². The molecule has 7 nitrogen and oxygen atoms in total. The molecule has 4 heterocycles. The van der Waals surface area contributed by atoms with Crippen molar-refractivity contribution in [3.05, 3.63) is 71.9 Å². The lowest BCUT2D eigenvalue weighted by molar-refractivity contribution is -0.0512. The van der Waals surface area contributed by atoms with Gasteiger partial charge in [0, 0.05) is 55.1 Å². The Balaban J connectivity index is 1.41. The summed E-state index contributed by atoms with van der Waals surface area (Å²) in [6.45, 7) is 1.07. The second kappa shape index (κ2) is 9.44. The maximum absolute atomic E-state index is 15.2. The molecule has 1 atom stereocenters. The molecule has 1 fully saturated rings. The molecule has 0 radical (unpaired) electrons. The minimum absolute atomic E-state index is 0.0748. The van der Waals surface area contributed by atoms with E-state index in [2.05, 4.69) is 20.2 Å². The highest BCUT2D eigenvalue weighted by molar-refractivity contribution is 5.83. The van der Waals surface area contributed by atoms with Gasteiger partial charge in [-0.1, -0.05) is 18.2 Å². The third-order valence-electron chi connectivity index (χ3n) is 6.66. The van der Waals surface area contributed by atoms with E-state index in [9.17, 15) is 8.78 Å². The molecule has 0 saturated carbocycles. The van der Waals surface area contributed by atoms with E-state index in [0.717, 1.165) is 32.0 Å². The first-order valence-corrected chi connectivity index (χ1v) is 11.8. The molecule has 0 spiro atoms. The van der Waals surface area contributed by atoms with Gasteiger partial charge < -0.3 is 24.3 Å². The summed E-state index contributed by atoms with van der Waals surface area (Å²) in [5.74, 6) is 1.12. The van der Waals surface area contributed by atoms with Crippen molar-refractivity contribution in [1.29, 1.82) is 0 Å². The Labute approximate surface area is 205 Å². The zero-order chi connectivity index (χ0) is 24.6. The smallest absolute Gasteiger partial charge is 0.387 e. The molecule has 186 valence electrons. The van der Waals surface area contributed by atoms with Gasteiger partial charge in [-0.25, -0.2) is 14.4 Å². The Kier molecular flexibility index (Phi) is 5.98. The second-order valence-electron chi connectivity index (χ2n) is 8.81. The van der Waals surface area contributed by atoms with Gasteiger partial charge in [0.25, 0.3) is 0 Å². The predicted molar refractivity (Wildman–Crippen MR) is 129 cm³/mol. The molecular weight excluding hydrogens is 471 g/mol. The molecule has 0 aliphatic carbocycles. The third kappa shape index (κ3) is 4.16. The number of anilines is 1. The van der Waals surface area contributed by atoms with Crippen molar-refractivity contribution < 1.29 is 22.6 Å². The summed E-state index contributed by atoms with van der Waals surface area (Å²) in [4.78, 5) is 11.3. The van der Waals surface area contributed by atoms with E-state index in [4.69, 9.17) is 9.47 Å². The van der Waals surface area contributed by atoms with E-state index >= 15 is 4.39 Å². The van der Waals surface area contributed by atoms with Crippen molar-refractivity contribution in [3.8, 4) is 16.9 Å². The number of hydrogen-bond donors (Lipinski definition) is 1. The Hall–Kier alpha value is -3.63. The zero-order valence-electron chi connectivity index (χ0n) is 19.3. The number of piperazine rings is 1. The van der Waals surface area contributed by atoms with Gasteiger partial charge in [0.2, 0.25) is 0 Å². The number of nitrogens with zero attached hydrogens (tertiary/aromatic N) is 4. The van der Waals surface area contributed by atoms with Crippen LogP contribution in [0.1, 0.15) is 17.4 Å². The summed E-state index contributed by atoms with van der Waals surface area (Å²) < 4.78 is 53.8. The lowest BCUT2D eigenvalue weighted by Gasteiger charge is -2.28. The highest BCUT2D eigenvalue weighted by atomic mass is 19.3. The first-order valence-electron chi connectivity index (χ1n) is 11.8. The number of para-hydroxylation sites is 1. The largest absolute Gasteiger partial charge is 0.434 e. The van der Waals surface area contributed by atoms with Crippen LogP contribution in [-0.2, 0) is 11.3 Å². The van der Waals surface area contributed by atoms with Crippen LogP contribution in [0.3, 0.4) is 0 Å². The average molecular weight is 496 g/mol. The number of halogens is 3. The number of rotatable bonds is 5. The van der Waals surface area contributed by atoms with Crippen molar-refractivity contribution in [3.63, 3.8) is 0 Å². The minimum Gasteiger partial charge on any atom is -0.434 e. The van der Waals surface area contributed by atoms with Crippen LogP contribution in [-0.4, -0.2) is 53.9 Å². The fraction of sp³-hybridized carbons (Fsp3) is 0.308. The molecule has 10 heteroatoms. The van der Waals surface area contributed by atoms with Crippen LogP contribution in [0.15, 0.2) is 54.7 Å². The minimum atomic E-state index is -2.95. The second-order valence-corrected chi connectivity index (χ2v) is 8.81. The molecule has 6 rings (SSSR count). The topological polar surface area (TPSA) is 64.4 Å². The Morgan fingerprint density at radius 2 is 1.92 bits per heavy atom. The van der Waals surface area contributed by atoms with Gasteiger partial charge in [-0.2, -0.15) is 8.78 Å². The third-order valence-corrected chi connectivity index (χ3v) is 6.66. The van der Waals surface area contributed by atoms with Crippen LogP contribution >= 0.6 is 0 Å². The first kappa shape index (κ1) is 22.8. The van der Waals surface area contributed by atoms with Crippen LogP contribution in [0.4, 0.5) is 19.0 Å². The molecule has 2 aliphatic heterocycles. The van der Waals surface area contributed by atoms with Crippen LogP contribution in [0.5, 0.6) is 5.75 Å². The number of fused-ring (bicyclic) bond motifs is 3. The SMILES string of the molecule is Fc1cc2nc3n(c2cc1-c1ccc(N2CCNCC2)nc1)C(c1ccccc1OC(F)F)COC3. The number of aromatic nitrogens is 3. The molecule has 2 aromatic heterocycles. The molecule has 2 aliphatic rings. The summed E-state index contributed by atoms with van der Waals surface area (Å²) in [6, 6.07) is 13.1. The lowest BCUT2D eigenvalue weighted by atomic mass is 10.0. The number of benzene rings is 2. The van der Waals surface area contributed by atoms with Gasteiger partial charge in [-0.3, -0.25) is 0 Å². The van der Waals surface area contributed by atoms with E-state index < -0.39 is 18.5 Å². The molecular formula is C26H24F3N5O2. The highest BCUT2D eigenvalue weighted by Gasteiger charge is 2.29. The van der Waals surface area contributed by atoms with Gasteiger partial charge in [0.1, 0.15) is 29.8 Å². The maximum Gasteiger partial charge on any atom is 0.387 e. The standard InChI is InChI=1S/C26H24F3N5O2/c27-19-12-20-21(11-18(19)16-5-6-24(31-13-16)33-9-7-30-8-10-33)34-22(14-35-15-25(34)32-20)17-3-1-2-4-23(17)36-26(28)29/h1-6,11-13,22,26,30H,7-10,14-15H2. The van der Waals surface area contributed by atoms with E-state index in [1.807, 2.05) is 16.7 Å². The van der Waals surface area contributed by atoms with Gasteiger partial charge in [-0.05, 0) is 24.3 Å². The van der Waals surface area contributed by atoms with Crippen LogP contribution in [0.2, 0.25) is 0 Å². The fourth-order valence-corrected chi connectivity index (χ4v) is 4.99. The van der Waals surface area contributed by atoms with Crippen molar-refractivity contribution in [2.24, 2.45) is 0 Å². The lowest BCUT2D eigenvalue weighted by Crippen LogP contribution is -2.43. The number of ether oxygens (including phenoxy) is 2. The van der Waals surface area contributed by atoms with Crippen LogP contribution in [0, 0.1) is 5.82 Å². The van der Waals surface area contributed by atoms with Gasteiger partial charge in [-0.15, -0.1) is 0 Å². The van der Waals surface area contributed by atoms with Crippen molar-refractivity contribution in [2.75, 3.05) is 37.7 Å². The maximum atomic E-state index is 15.2. The Morgan fingerprint density at radius 3 is 2.69 bits per heavy atom. The Bertz CT molecular complexity index is 1390. The summed E-state index contributed by atoms with van der Waals surface area (Å²) >= 11 is 0. The molecule has 2 aromatic carbocycles. The van der Waals surface area contributed by atoms with E-state index in [1.165, 1.54) is 12.1 Å². The molecule has 0 bridgehead atoms. The van der Waals surface area contributed by atoms with Crippen LogP contribution in [0.25, 0.3) is 22.2 Å². The highest BCUT2D eigenvalue weighted by Crippen LogP contribution is 2.37. The van der Waals surface area contributed by atoms with Gasteiger partial charge in [0.05, 0.1) is 23.7 Å². The van der Waals surface area contributed by atoms with Crippen molar-refractivity contribution in [1.82, 2.24) is 19.9 Å². The molecule has 4 aromatic rings. The number of nitrogens with one attached hydrogen (secondary N) is 1. The molecule has 0 amide bonds. The van der Waals surface area contributed by atoms with Gasteiger partial charge >= 0.3 is 6.61 Å². The molecule has 1 saturated heterocycles. The number of imidazole rings is 1. The summed E-state index contributed by atoms with van der Waals surface area (Å²) in [5.41, 5.74) is 2.75. The zero-order valence-corrected chi connectivity index (χ0v) is 19.3. The number of pyridine rings is 1. The fourth-order valence-electron chi connectivity index (χ4n) is 4.99. The number of hydrogen-bond acceptors (Lipinski definition) is 6. The van der Waals surface area contributed by atoms with E-state index in [0.29, 0.717) is 33.5 Å². The first-order chi connectivity index (χ1) is 17.6. The summed E-state index contributed by atoms with van der Waals surface area (Å²) in [6.07, 6.45) is 1.68. The normalized spacial score (nSPS) is 18.0. The van der Waals surface area contributed by atoms with E-state index in [1.54, 1.807) is 30.5 Å². The van der Waals surface area contributed by atoms with E-state index in [-0.39, 0.29) is 19.0 Å². The quantitative estimate of drug-likeness (QED) is 0.444. The van der Waals surface area contributed by atoms with Crippen molar-refractivity contribution in [2.45, 2.75) is 19.3 Å². The average Bonchev–Trinajstić information content (AvgIpc) is 3.26. The Morgan fingerprint density at radius 1 is 1.08 bits per heavy atom. The summed E-state index contributed by atoms with van der Waals surface area (Å²) in [7, 11) is 0. The number of alkyl halides is 2. The summed E-state index contributed by atoms with van der Waals surface area (Å²) in [5, 5.41) is 3.32. The molecule has 1 unspecified atom stereocenters.